The molecule has 1 saturated heterocycles. The summed E-state index contributed by atoms with van der Waals surface area (Å²) in [6.45, 7) is 6.87. The number of ketones is 1. The number of hydrogen-bond acceptors (Lipinski definition) is 5. The third-order valence-corrected chi connectivity index (χ3v) is 3.33. The quantitative estimate of drug-likeness (QED) is 0.880. The van der Waals surface area contributed by atoms with Crippen molar-refractivity contribution in [1.29, 1.82) is 0 Å². The molecule has 19 heavy (non-hydrogen) atoms. The molecule has 104 valence electrons. The molecule has 5 heteroatoms. The third-order valence-electron chi connectivity index (χ3n) is 3.33. The van der Waals surface area contributed by atoms with Crippen LogP contribution in [-0.2, 0) is 4.79 Å². The van der Waals surface area contributed by atoms with Crippen molar-refractivity contribution >= 4 is 17.4 Å². The van der Waals surface area contributed by atoms with E-state index >= 15 is 0 Å². The fraction of sp³-hybridized carbons (Fsp3) is 0.643. The lowest BCUT2D eigenvalue weighted by molar-refractivity contribution is -0.119. The normalized spacial score (nSPS) is 15.9. The minimum Gasteiger partial charge on any atom is -0.370 e. The minimum atomic E-state index is 0.348. The molecule has 1 N–H and O–H groups in total. The highest BCUT2D eigenvalue weighted by Crippen LogP contribution is 2.18. The van der Waals surface area contributed by atoms with E-state index in [-0.39, 0.29) is 0 Å². The summed E-state index contributed by atoms with van der Waals surface area (Å²) in [5, 5.41) is 3.32. The van der Waals surface area contributed by atoms with E-state index < -0.39 is 0 Å². The summed E-state index contributed by atoms with van der Waals surface area (Å²) in [4.78, 5) is 21.9. The van der Waals surface area contributed by atoms with Crippen molar-refractivity contribution < 1.29 is 4.79 Å². The van der Waals surface area contributed by atoms with Crippen molar-refractivity contribution in [2.24, 2.45) is 5.92 Å². The zero-order chi connectivity index (χ0) is 13.7. The number of hydrogen-bond donors (Lipinski definition) is 1. The Morgan fingerprint density at radius 2 is 2.05 bits per heavy atom. The van der Waals surface area contributed by atoms with Crippen LogP contribution in [0.15, 0.2) is 12.4 Å². The Morgan fingerprint density at radius 1 is 1.32 bits per heavy atom. The van der Waals surface area contributed by atoms with Gasteiger partial charge in [-0.15, -0.1) is 0 Å². The van der Waals surface area contributed by atoms with Crippen molar-refractivity contribution in [2.45, 2.75) is 33.1 Å². The number of nitrogens with one attached hydrogen (secondary N) is 1. The number of nitrogens with zero attached hydrogens (tertiary/aromatic N) is 3. The van der Waals surface area contributed by atoms with Crippen molar-refractivity contribution in [1.82, 2.24) is 9.97 Å². The number of piperidine rings is 1. The lowest BCUT2D eigenvalue weighted by Crippen LogP contribution is -2.34. The third kappa shape index (κ3) is 4.19. The number of carbonyl (C=O) groups is 1. The van der Waals surface area contributed by atoms with Gasteiger partial charge < -0.3 is 10.2 Å². The van der Waals surface area contributed by atoms with E-state index in [2.05, 4.69) is 34.0 Å². The Bertz CT molecular complexity index is 423. The van der Waals surface area contributed by atoms with E-state index in [1.165, 1.54) is 0 Å². The van der Waals surface area contributed by atoms with Crippen molar-refractivity contribution in [3.63, 3.8) is 0 Å². The van der Waals surface area contributed by atoms with Gasteiger partial charge in [0.1, 0.15) is 23.7 Å². The molecule has 0 bridgehead atoms. The molecule has 0 radical (unpaired) electrons. The zero-order valence-corrected chi connectivity index (χ0v) is 11.7. The number of carbonyl (C=O) groups excluding carboxylic acids is 1. The van der Waals surface area contributed by atoms with E-state index in [1.807, 2.05) is 6.07 Å². The second-order valence-corrected chi connectivity index (χ2v) is 5.40. The molecule has 1 aliphatic heterocycles. The highest BCUT2D eigenvalue weighted by molar-refractivity contribution is 5.80. The van der Waals surface area contributed by atoms with Crippen molar-refractivity contribution in [3.05, 3.63) is 12.4 Å². The molecule has 0 atom stereocenters. The van der Waals surface area contributed by atoms with Gasteiger partial charge in [0.25, 0.3) is 0 Å². The minimum absolute atomic E-state index is 0.348. The highest BCUT2D eigenvalue weighted by Gasteiger charge is 2.17. The molecule has 0 unspecified atom stereocenters. The molecular formula is C14H22N4O. The largest absolute Gasteiger partial charge is 0.370 e. The first kappa shape index (κ1) is 13.8. The highest BCUT2D eigenvalue weighted by atomic mass is 16.1. The van der Waals surface area contributed by atoms with Gasteiger partial charge in [-0.3, -0.25) is 4.79 Å². The van der Waals surface area contributed by atoms with Crippen LogP contribution in [0.4, 0.5) is 11.6 Å². The van der Waals surface area contributed by atoms with Crippen molar-refractivity contribution in [2.75, 3.05) is 29.9 Å². The number of anilines is 2. The molecular weight excluding hydrogens is 240 g/mol. The van der Waals surface area contributed by atoms with Crippen LogP contribution in [0.5, 0.6) is 0 Å². The Labute approximate surface area is 114 Å². The summed E-state index contributed by atoms with van der Waals surface area (Å²) < 4.78 is 0. The fourth-order valence-corrected chi connectivity index (χ4v) is 2.09. The Morgan fingerprint density at radius 3 is 2.74 bits per heavy atom. The van der Waals surface area contributed by atoms with Crippen molar-refractivity contribution in [3.8, 4) is 0 Å². The first-order chi connectivity index (χ1) is 9.15. The van der Waals surface area contributed by atoms with E-state index in [0.717, 1.165) is 37.7 Å². The molecule has 1 aromatic rings. The zero-order valence-electron chi connectivity index (χ0n) is 11.7. The molecule has 0 amide bonds. The fourth-order valence-electron chi connectivity index (χ4n) is 2.09. The van der Waals surface area contributed by atoms with Crippen LogP contribution in [0, 0.1) is 5.92 Å². The SMILES string of the molecule is CC(C)CCNc1cc(N2CCC(=O)CC2)ncn1. The monoisotopic (exact) mass is 262 g/mol. The predicted octanol–water partition coefficient (Wildman–Crippen LogP) is 2.10. The van der Waals surface area contributed by atoms with Crippen LogP contribution in [0.25, 0.3) is 0 Å². The first-order valence-electron chi connectivity index (χ1n) is 6.97. The van der Waals surface area contributed by atoms with Gasteiger partial charge in [-0.1, -0.05) is 13.8 Å². The second kappa shape index (κ2) is 6.50. The molecule has 5 nitrogen and oxygen atoms in total. The summed E-state index contributed by atoms with van der Waals surface area (Å²) in [5.74, 6) is 2.81. The molecule has 0 aromatic carbocycles. The summed E-state index contributed by atoms with van der Waals surface area (Å²) in [6.07, 6.45) is 3.96. The topological polar surface area (TPSA) is 58.1 Å². The second-order valence-electron chi connectivity index (χ2n) is 5.40. The summed E-state index contributed by atoms with van der Waals surface area (Å²) in [7, 11) is 0. The average Bonchev–Trinajstić information content (AvgIpc) is 2.39. The van der Waals surface area contributed by atoms with Gasteiger partial charge in [-0.25, -0.2) is 9.97 Å². The molecule has 1 fully saturated rings. The Balaban J connectivity index is 1.93. The molecule has 1 aliphatic rings. The average molecular weight is 262 g/mol. The van der Waals surface area contributed by atoms with Gasteiger partial charge in [-0.05, 0) is 12.3 Å². The first-order valence-corrected chi connectivity index (χ1v) is 6.97. The predicted molar refractivity (Wildman–Crippen MR) is 76.4 cm³/mol. The van der Waals surface area contributed by atoms with Crippen LogP contribution in [-0.4, -0.2) is 35.4 Å². The maximum absolute atomic E-state index is 11.2. The standard InChI is InChI=1S/C14H22N4O/c1-11(2)3-6-15-13-9-14(17-10-16-13)18-7-4-12(19)5-8-18/h9-11H,3-8H2,1-2H3,(H,15,16,17). The van der Waals surface area contributed by atoms with Crippen LogP contribution in [0.3, 0.4) is 0 Å². The van der Waals surface area contributed by atoms with Crippen LogP contribution in [0.2, 0.25) is 0 Å². The van der Waals surface area contributed by atoms with Gasteiger partial charge >= 0.3 is 0 Å². The molecule has 0 aliphatic carbocycles. The summed E-state index contributed by atoms with van der Waals surface area (Å²) >= 11 is 0. The van der Waals surface area contributed by atoms with E-state index in [9.17, 15) is 4.79 Å². The number of Topliss-reactive ketones (excluding diaryl/α,β-unsaturated/α-hetero) is 1. The summed E-state index contributed by atoms with van der Waals surface area (Å²) in [5.41, 5.74) is 0. The lowest BCUT2D eigenvalue weighted by Gasteiger charge is -2.27. The number of aromatic nitrogens is 2. The maximum atomic E-state index is 11.2. The Hall–Kier alpha value is -1.65. The molecule has 0 spiro atoms. The van der Waals surface area contributed by atoms with Gasteiger partial charge in [0.05, 0.1) is 0 Å². The maximum Gasteiger partial charge on any atom is 0.136 e. The van der Waals surface area contributed by atoms with Crippen LogP contribution < -0.4 is 10.2 Å². The summed E-state index contributed by atoms with van der Waals surface area (Å²) in [6, 6.07) is 1.97. The molecule has 0 saturated carbocycles. The van der Waals surface area contributed by atoms with E-state index in [1.54, 1.807) is 6.33 Å². The Kier molecular flexibility index (Phi) is 4.71. The van der Waals surface area contributed by atoms with E-state index in [4.69, 9.17) is 0 Å². The van der Waals surface area contributed by atoms with E-state index in [0.29, 0.717) is 24.5 Å². The molecule has 2 heterocycles. The van der Waals surface area contributed by atoms with Gasteiger partial charge in [0.2, 0.25) is 0 Å². The molecule has 1 aromatic heterocycles. The van der Waals surface area contributed by atoms with Crippen LogP contribution in [0.1, 0.15) is 33.1 Å². The van der Waals surface area contributed by atoms with Gasteiger partial charge in [0.15, 0.2) is 0 Å². The smallest absolute Gasteiger partial charge is 0.136 e. The van der Waals surface area contributed by atoms with Gasteiger partial charge in [0, 0.05) is 38.5 Å². The number of rotatable bonds is 5. The lowest BCUT2D eigenvalue weighted by atomic mass is 10.1. The van der Waals surface area contributed by atoms with Gasteiger partial charge in [-0.2, -0.15) is 0 Å². The molecule has 2 rings (SSSR count). The van der Waals surface area contributed by atoms with Crippen LogP contribution >= 0.6 is 0 Å².